The van der Waals surface area contributed by atoms with Crippen molar-refractivity contribution < 1.29 is 14.0 Å². The van der Waals surface area contributed by atoms with E-state index in [2.05, 4.69) is 26.2 Å². The minimum atomic E-state index is -0.252. The number of anilines is 2. The predicted octanol–water partition coefficient (Wildman–Crippen LogP) is 2.20. The second kappa shape index (κ2) is 9.80. The minimum absolute atomic E-state index is 0.0461. The number of carbonyl (C=O) groups excluding carboxylic acids is 2. The third kappa shape index (κ3) is 5.98. The minimum Gasteiger partial charge on any atom is -0.366 e. The smallest absolute Gasteiger partial charge is 0.239 e. The molecule has 2 heterocycles. The van der Waals surface area contributed by atoms with Crippen LogP contribution in [0.15, 0.2) is 47.1 Å². The number of hydrogen-bond acceptors (Lipinski definition) is 5. The average molecular weight is 464 g/mol. The lowest BCUT2D eigenvalue weighted by molar-refractivity contribution is -0.132. The number of hydrogen-bond donors (Lipinski definition) is 1. The highest BCUT2D eigenvalue weighted by Crippen LogP contribution is 2.20. The zero-order valence-electron chi connectivity index (χ0n) is 16.1. The number of nitrogens with one attached hydrogen (secondary N) is 1. The summed E-state index contributed by atoms with van der Waals surface area (Å²) in [6.45, 7) is 2.42. The largest absolute Gasteiger partial charge is 0.366 e. The van der Waals surface area contributed by atoms with Crippen molar-refractivity contribution in [2.45, 2.75) is 0 Å². The van der Waals surface area contributed by atoms with Crippen molar-refractivity contribution in [2.75, 3.05) is 56.5 Å². The SMILES string of the molecule is CN(CC(=O)Nc1ccc(Br)cn1)CC(=O)N1CCN(c2ccccc2F)CC1. The number of piperazine rings is 1. The molecule has 2 amide bonds. The van der Waals surface area contributed by atoms with Gasteiger partial charge in [0.15, 0.2) is 0 Å². The highest BCUT2D eigenvalue weighted by Gasteiger charge is 2.23. The first-order valence-electron chi connectivity index (χ1n) is 9.29. The van der Waals surface area contributed by atoms with E-state index >= 15 is 0 Å². The summed E-state index contributed by atoms with van der Waals surface area (Å²) in [4.78, 5) is 34.1. The molecule has 1 saturated heterocycles. The molecular weight excluding hydrogens is 441 g/mol. The van der Waals surface area contributed by atoms with Crippen molar-refractivity contribution >= 4 is 39.2 Å². The molecule has 1 aromatic carbocycles. The van der Waals surface area contributed by atoms with Crippen LogP contribution in [0, 0.1) is 5.82 Å². The summed E-state index contributed by atoms with van der Waals surface area (Å²) in [7, 11) is 1.72. The van der Waals surface area contributed by atoms with Crippen LogP contribution in [-0.2, 0) is 9.59 Å². The Morgan fingerprint density at radius 3 is 2.52 bits per heavy atom. The van der Waals surface area contributed by atoms with Gasteiger partial charge < -0.3 is 15.1 Å². The molecule has 3 rings (SSSR count). The monoisotopic (exact) mass is 463 g/mol. The van der Waals surface area contributed by atoms with Crippen LogP contribution in [0.1, 0.15) is 0 Å². The Bertz CT molecular complexity index is 856. The fraction of sp³-hybridized carbons (Fsp3) is 0.350. The van der Waals surface area contributed by atoms with E-state index in [-0.39, 0.29) is 30.7 Å². The number of para-hydroxylation sites is 1. The highest BCUT2D eigenvalue weighted by atomic mass is 79.9. The van der Waals surface area contributed by atoms with Gasteiger partial charge in [-0.1, -0.05) is 12.1 Å². The summed E-state index contributed by atoms with van der Waals surface area (Å²) in [5, 5.41) is 2.70. The van der Waals surface area contributed by atoms with Crippen LogP contribution in [0.2, 0.25) is 0 Å². The van der Waals surface area contributed by atoms with Crippen molar-refractivity contribution in [1.29, 1.82) is 0 Å². The normalized spacial score (nSPS) is 14.2. The van der Waals surface area contributed by atoms with Gasteiger partial charge in [0.25, 0.3) is 0 Å². The Balaban J connectivity index is 1.43. The first kappa shape index (κ1) is 21.2. The Labute approximate surface area is 177 Å². The number of aromatic nitrogens is 1. The molecule has 0 atom stereocenters. The zero-order chi connectivity index (χ0) is 20.8. The Morgan fingerprint density at radius 1 is 1.14 bits per heavy atom. The van der Waals surface area contributed by atoms with E-state index in [1.54, 1.807) is 53.4 Å². The molecule has 2 aromatic rings. The third-order valence-electron chi connectivity index (χ3n) is 4.64. The molecule has 0 aliphatic carbocycles. The van der Waals surface area contributed by atoms with Crippen molar-refractivity contribution in [3.63, 3.8) is 0 Å². The van der Waals surface area contributed by atoms with Gasteiger partial charge in [0.2, 0.25) is 11.8 Å². The molecule has 154 valence electrons. The number of carbonyl (C=O) groups is 2. The maximum Gasteiger partial charge on any atom is 0.239 e. The van der Waals surface area contributed by atoms with Crippen molar-refractivity contribution in [2.24, 2.45) is 0 Å². The molecule has 0 saturated carbocycles. The number of benzene rings is 1. The number of pyridine rings is 1. The van der Waals surface area contributed by atoms with Gasteiger partial charge in [0.1, 0.15) is 11.6 Å². The molecule has 1 fully saturated rings. The molecule has 1 aliphatic heterocycles. The summed E-state index contributed by atoms with van der Waals surface area (Å²) < 4.78 is 14.8. The number of amides is 2. The standard InChI is InChI=1S/C20H23BrFN5O2/c1-25(13-19(28)24-18-7-6-15(21)12-23-18)14-20(29)27-10-8-26(9-11-27)17-5-3-2-4-16(17)22/h2-7,12H,8-11,13-14H2,1H3,(H,23,24,28). The van der Waals surface area contributed by atoms with E-state index in [9.17, 15) is 14.0 Å². The van der Waals surface area contributed by atoms with Gasteiger partial charge in [-0.25, -0.2) is 9.37 Å². The van der Waals surface area contributed by atoms with Gasteiger partial charge in [-0.15, -0.1) is 0 Å². The highest BCUT2D eigenvalue weighted by molar-refractivity contribution is 9.10. The molecule has 9 heteroatoms. The van der Waals surface area contributed by atoms with Crippen LogP contribution in [-0.4, -0.2) is 72.9 Å². The maximum atomic E-state index is 13.9. The van der Waals surface area contributed by atoms with Gasteiger partial charge in [-0.05, 0) is 47.2 Å². The number of halogens is 2. The zero-order valence-corrected chi connectivity index (χ0v) is 17.7. The van der Waals surface area contributed by atoms with E-state index in [1.807, 2.05) is 4.90 Å². The molecular formula is C20H23BrFN5O2. The van der Waals surface area contributed by atoms with Crippen molar-refractivity contribution in [3.8, 4) is 0 Å². The summed E-state index contributed by atoms with van der Waals surface area (Å²) in [6.07, 6.45) is 1.60. The van der Waals surface area contributed by atoms with Crippen LogP contribution >= 0.6 is 15.9 Å². The second-order valence-corrected chi connectivity index (χ2v) is 7.82. The summed E-state index contributed by atoms with van der Waals surface area (Å²) >= 11 is 3.29. The van der Waals surface area contributed by atoms with Crippen LogP contribution < -0.4 is 10.2 Å². The molecule has 1 N–H and O–H groups in total. The molecule has 0 radical (unpaired) electrons. The van der Waals surface area contributed by atoms with E-state index < -0.39 is 0 Å². The molecule has 1 aliphatic rings. The van der Waals surface area contributed by atoms with Crippen molar-refractivity contribution in [1.82, 2.24) is 14.8 Å². The number of rotatable bonds is 6. The van der Waals surface area contributed by atoms with Crippen LogP contribution in [0.25, 0.3) is 0 Å². The Morgan fingerprint density at radius 2 is 1.86 bits per heavy atom. The van der Waals surface area contributed by atoms with Gasteiger partial charge in [0, 0.05) is 36.8 Å². The lowest BCUT2D eigenvalue weighted by atomic mass is 10.2. The first-order valence-corrected chi connectivity index (χ1v) is 10.1. The summed E-state index contributed by atoms with van der Waals surface area (Å²) in [6, 6.07) is 10.1. The van der Waals surface area contributed by atoms with Crippen LogP contribution in [0.3, 0.4) is 0 Å². The van der Waals surface area contributed by atoms with E-state index in [0.29, 0.717) is 37.7 Å². The second-order valence-electron chi connectivity index (χ2n) is 6.90. The quantitative estimate of drug-likeness (QED) is 0.710. The number of nitrogens with zero attached hydrogens (tertiary/aromatic N) is 4. The van der Waals surface area contributed by atoms with E-state index in [4.69, 9.17) is 0 Å². The lowest BCUT2D eigenvalue weighted by Gasteiger charge is -2.36. The lowest BCUT2D eigenvalue weighted by Crippen LogP contribution is -2.51. The first-order chi connectivity index (χ1) is 13.9. The fourth-order valence-electron chi connectivity index (χ4n) is 3.17. The Hall–Kier alpha value is -2.52. The fourth-order valence-corrected chi connectivity index (χ4v) is 3.40. The topological polar surface area (TPSA) is 68.8 Å². The van der Waals surface area contributed by atoms with Gasteiger partial charge in [0.05, 0.1) is 18.8 Å². The summed E-state index contributed by atoms with van der Waals surface area (Å²) in [5.41, 5.74) is 0.565. The van der Waals surface area contributed by atoms with Crippen molar-refractivity contribution in [3.05, 3.63) is 52.9 Å². The Kier molecular flexibility index (Phi) is 7.16. The van der Waals surface area contributed by atoms with Crippen LogP contribution in [0.4, 0.5) is 15.9 Å². The molecule has 0 bridgehead atoms. The molecule has 1 aromatic heterocycles. The van der Waals surface area contributed by atoms with E-state index in [1.165, 1.54) is 6.07 Å². The van der Waals surface area contributed by atoms with Crippen LogP contribution in [0.5, 0.6) is 0 Å². The molecule has 0 spiro atoms. The maximum absolute atomic E-state index is 13.9. The molecule has 7 nitrogen and oxygen atoms in total. The van der Waals surface area contributed by atoms with E-state index in [0.717, 1.165) is 4.47 Å². The predicted molar refractivity (Wildman–Crippen MR) is 113 cm³/mol. The van der Waals surface area contributed by atoms with Gasteiger partial charge >= 0.3 is 0 Å². The van der Waals surface area contributed by atoms with Gasteiger partial charge in [-0.3, -0.25) is 14.5 Å². The van der Waals surface area contributed by atoms with Gasteiger partial charge in [-0.2, -0.15) is 0 Å². The molecule has 0 unspecified atom stereocenters. The number of likely N-dealkylation sites (N-methyl/N-ethyl adjacent to an activating group) is 1. The summed E-state index contributed by atoms with van der Waals surface area (Å²) in [5.74, 6) is -0.0739. The average Bonchev–Trinajstić information content (AvgIpc) is 2.70. The molecule has 29 heavy (non-hydrogen) atoms. The third-order valence-corrected chi connectivity index (χ3v) is 5.11.